The van der Waals surface area contributed by atoms with Gasteiger partial charge in [0.1, 0.15) is 23.0 Å². The van der Waals surface area contributed by atoms with Crippen LogP contribution in [0.15, 0.2) is 36.4 Å². The zero-order valence-corrected chi connectivity index (χ0v) is 15.8. The molecule has 2 rings (SSSR count). The van der Waals surface area contributed by atoms with Crippen molar-refractivity contribution in [2.75, 3.05) is 28.4 Å². The molecule has 0 aromatic heterocycles. The monoisotopic (exact) mass is 364 g/mol. The van der Waals surface area contributed by atoms with E-state index in [4.69, 9.17) is 18.9 Å². The number of rotatable bonds is 6. The molecule has 0 amide bonds. The third-order valence-electron chi connectivity index (χ3n) is 3.47. The summed E-state index contributed by atoms with van der Waals surface area (Å²) in [4.78, 5) is 1.37. The smallest absolute Gasteiger partial charge is 0.123 e. The van der Waals surface area contributed by atoms with Crippen molar-refractivity contribution in [3.8, 4) is 23.0 Å². The van der Waals surface area contributed by atoms with Gasteiger partial charge in [0, 0.05) is 21.9 Å². The summed E-state index contributed by atoms with van der Waals surface area (Å²) in [5.74, 6) is 2.72. The second-order valence-electron chi connectivity index (χ2n) is 4.90. The van der Waals surface area contributed by atoms with E-state index in [1.54, 1.807) is 40.6 Å². The minimum atomic E-state index is 0.681. The summed E-state index contributed by atoms with van der Waals surface area (Å²) in [7, 11) is 6.42. The second-order valence-corrected chi connectivity index (χ2v) is 5.79. The minimum absolute atomic E-state index is 0.681. The van der Waals surface area contributed by atoms with Crippen molar-refractivity contribution >= 4 is 35.1 Å². The molecule has 0 aliphatic carbocycles. The molecule has 4 nitrogen and oxygen atoms in total. The number of methoxy groups -OCH3 is 4. The number of thiol groups is 2. The molecule has 2 aromatic carbocycles. The third kappa shape index (κ3) is 4.13. The van der Waals surface area contributed by atoms with Gasteiger partial charge in [-0.25, -0.2) is 0 Å². The molecule has 128 valence electrons. The van der Waals surface area contributed by atoms with Gasteiger partial charge in [0.25, 0.3) is 0 Å². The molecule has 0 atom stereocenters. The molecule has 0 heterocycles. The van der Waals surface area contributed by atoms with Gasteiger partial charge in [-0.3, -0.25) is 0 Å². The van der Waals surface area contributed by atoms with Gasteiger partial charge in [-0.05, 0) is 35.4 Å². The lowest BCUT2D eigenvalue weighted by atomic mass is 10.1. The fraction of sp³-hybridized carbons (Fsp3) is 0.222. The molecule has 0 saturated heterocycles. The van der Waals surface area contributed by atoms with Crippen LogP contribution in [0.3, 0.4) is 0 Å². The van der Waals surface area contributed by atoms with E-state index in [1.807, 2.05) is 24.3 Å². The standard InChI is InChI=1S/C18H20O4S2/c1-19-13-5-11(6-14(9-13)20-2)17(23)18(24)12-7-15(21-3)10-16(8-12)22-4/h5-10,23-24H,1-4H3/b18-17-. The van der Waals surface area contributed by atoms with Gasteiger partial charge in [0.15, 0.2) is 0 Å². The molecule has 0 aliphatic heterocycles. The van der Waals surface area contributed by atoms with Gasteiger partial charge >= 0.3 is 0 Å². The van der Waals surface area contributed by atoms with Crippen LogP contribution < -0.4 is 18.9 Å². The van der Waals surface area contributed by atoms with Crippen LogP contribution in [0.2, 0.25) is 0 Å². The number of ether oxygens (including phenoxy) is 4. The van der Waals surface area contributed by atoms with Gasteiger partial charge in [-0.1, -0.05) is 0 Å². The average molecular weight is 364 g/mol. The van der Waals surface area contributed by atoms with Crippen LogP contribution >= 0.6 is 25.3 Å². The highest BCUT2D eigenvalue weighted by Gasteiger charge is 2.11. The maximum Gasteiger partial charge on any atom is 0.123 e. The quantitative estimate of drug-likeness (QED) is 0.588. The molecular weight excluding hydrogens is 344 g/mol. The molecule has 0 bridgehead atoms. The Morgan fingerprint density at radius 2 is 0.792 bits per heavy atom. The lowest BCUT2D eigenvalue weighted by molar-refractivity contribution is 0.394. The third-order valence-corrected chi connectivity index (χ3v) is 4.61. The Bertz CT molecular complexity index is 649. The number of benzene rings is 2. The fourth-order valence-electron chi connectivity index (χ4n) is 2.16. The zero-order valence-electron chi connectivity index (χ0n) is 14.0. The largest absolute Gasteiger partial charge is 0.497 e. The van der Waals surface area contributed by atoms with Crippen molar-refractivity contribution < 1.29 is 18.9 Å². The number of hydrogen-bond acceptors (Lipinski definition) is 6. The highest BCUT2D eigenvalue weighted by molar-refractivity contribution is 7.96. The van der Waals surface area contributed by atoms with Crippen LogP contribution in [-0.2, 0) is 0 Å². The maximum absolute atomic E-state index is 5.30. The molecule has 0 unspecified atom stereocenters. The van der Waals surface area contributed by atoms with Gasteiger partial charge in [-0.15, -0.1) is 25.3 Å². The van der Waals surface area contributed by atoms with Crippen molar-refractivity contribution in [1.29, 1.82) is 0 Å². The van der Waals surface area contributed by atoms with Crippen LogP contribution in [0.4, 0.5) is 0 Å². The minimum Gasteiger partial charge on any atom is -0.497 e. The molecular formula is C18H20O4S2. The van der Waals surface area contributed by atoms with Gasteiger partial charge in [0.2, 0.25) is 0 Å². The Hall–Kier alpha value is -1.92. The van der Waals surface area contributed by atoms with Crippen LogP contribution in [-0.4, -0.2) is 28.4 Å². The van der Waals surface area contributed by atoms with Crippen molar-refractivity contribution in [1.82, 2.24) is 0 Å². The second kappa shape index (κ2) is 8.26. The molecule has 0 N–H and O–H groups in total. The van der Waals surface area contributed by atoms with Gasteiger partial charge in [0.05, 0.1) is 28.4 Å². The highest BCUT2D eigenvalue weighted by Crippen LogP contribution is 2.37. The average Bonchev–Trinajstić information content (AvgIpc) is 2.65. The summed E-state index contributed by atoms with van der Waals surface area (Å²) < 4.78 is 21.2. The predicted octanol–water partition coefficient (Wildman–Crippen LogP) is 4.41. The van der Waals surface area contributed by atoms with E-state index in [2.05, 4.69) is 25.3 Å². The Balaban J connectivity index is 2.55. The fourth-order valence-corrected chi connectivity index (χ4v) is 2.68. The first-order valence-electron chi connectivity index (χ1n) is 7.11. The summed E-state index contributed by atoms with van der Waals surface area (Å²) in [5.41, 5.74) is 1.67. The Morgan fingerprint density at radius 1 is 0.542 bits per heavy atom. The van der Waals surface area contributed by atoms with Crippen molar-refractivity contribution in [3.05, 3.63) is 47.5 Å². The Labute approximate surface area is 153 Å². The van der Waals surface area contributed by atoms with Gasteiger partial charge in [-0.2, -0.15) is 0 Å². The van der Waals surface area contributed by atoms with Crippen molar-refractivity contribution in [3.63, 3.8) is 0 Å². The van der Waals surface area contributed by atoms with E-state index in [0.29, 0.717) is 32.8 Å². The predicted molar refractivity (Wildman–Crippen MR) is 104 cm³/mol. The molecule has 2 aromatic rings. The molecule has 0 aliphatic rings. The van der Waals surface area contributed by atoms with E-state index in [9.17, 15) is 0 Å². The lowest BCUT2D eigenvalue weighted by Gasteiger charge is -2.12. The van der Waals surface area contributed by atoms with Gasteiger partial charge < -0.3 is 18.9 Å². The number of hydrogen-bond donors (Lipinski definition) is 2. The van der Waals surface area contributed by atoms with Crippen molar-refractivity contribution in [2.24, 2.45) is 0 Å². The van der Waals surface area contributed by atoms with Crippen LogP contribution in [0.5, 0.6) is 23.0 Å². The molecule has 6 heteroatoms. The summed E-state index contributed by atoms with van der Waals surface area (Å²) >= 11 is 9.27. The SMILES string of the molecule is COc1cc(OC)cc(/C(S)=C(/S)c2cc(OC)cc(OC)c2)c1. The first-order chi connectivity index (χ1) is 11.5. The maximum atomic E-state index is 5.30. The van der Waals surface area contributed by atoms with Crippen molar-refractivity contribution in [2.45, 2.75) is 0 Å². The summed E-state index contributed by atoms with van der Waals surface area (Å²) in [6, 6.07) is 11.1. The van der Waals surface area contributed by atoms with E-state index in [-0.39, 0.29) is 0 Å². The summed E-state index contributed by atoms with van der Waals surface area (Å²) in [5, 5.41) is 0. The Kier molecular flexibility index (Phi) is 6.34. The van der Waals surface area contributed by atoms with Crippen LogP contribution in [0, 0.1) is 0 Å². The molecule has 0 radical (unpaired) electrons. The van der Waals surface area contributed by atoms with Crippen LogP contribution in [0.1, 0.15) is 11.1 Å². The highest BCUT2D eigenvalue weighted by atomic mass is 32.1. The normalized spacial score (nSPS) is 11.6. The first-order valence-corrected chi connectivity index (χ1v) is 8.01. The lowest BCUT2D eigenvalue weighted by Crippen LogP contribution is -1.92. The summed E-state index contributed by atoms with van der Waals surface area (Å²) in [6.07, 6.45) is 0. The van der Waals surface area contributed by atoms with Crippen LogP contribution in [0.25, 0.3) is 9.81 Å². The van der Waals surface area contributed by atoms with E-state index in [1.165, 1.54) is 0 Å². The molecule has 24 heavy (non-hydrogen) atoms. The Morgan fingerprint density at radius 3 is 1.00 bits per heavy atom. The van der Waals surface area contributed by atoms with E-state index >= 15 is 0 Å². The first kappa shape index (κ1) is 18.4. The summed E-state index contributed by atoms with van der Waals surface area (Å²) in [6.45, 7) is 0. The molecule has 0 fully saturated rings. The zero-order chi connectivity index (χ0) is 17.7. The molecule has 0 saturated carbocycles. The molecule has 0 spiro atoms. The topological polar surface area (TPSA) is 36.9 Å². The van der Waals surface area contributed by atoms with E-state index in [0.717, 1.165) is 11.1 Å². The van der Waals surface area contributed by atoms with E-state index < -0.39 is 0 Å².